The quantitative estimate of drug-likeness (QED) is 0.0259. The van der Waals surface area contributed by atoms with Crippen molar-refractivity contribution in [3.63, 3.8) is 0 Å². The van der Waals surface area contributed by atoms with E-state index < -0.39 is 31.0 Å². The van der Waals surface area contributed by atoms with Crippen molar-refractivity contribution in [1.82, 2.24) is 19.9 Å². The molecule has 0 aliphatic rings. The van der Waals surface area contributed by atoms with E-state index >= 15 is 0 Å². The third-order valence-corrected chi connectivity index (χ3v) is 10.3. The molecule has 4 N–H and O–H groups in total. The molecule has 0 spiro atoms. The average molecular weight is 857 g/mol. The number of aromatic nitrogens is 4. The van der Waals surface area contributed by atoms with Crippen molar-refractivity contribution >= 4 is 42.5 Å². The number of hydrogen-bond donors (Lipinski definition) is 4. The summed E-state index contributed by atoms with van der Waals surface area (Å²) < 4.78 is 42.6. The molecule has 0 aliphatic carbocycles. The molecule has 0 saturated heterocycles. The van der Waals surface area contributed by atoms with Crippen molar-refractivity contribution in [1.29, 1.82) is 0 Å². The lowest BCUT2D eigenvalue weighted by molar-refractivity contribution is 0.0592. The van der Waals surface area contributed by atoms with Gasteiger partial charge in [0.05, 0.1) is 48.1 Å². The summed E-state index contributed by atoms with van der Waals surface area (Å²) >= 11 is 0. The number of ketones is 3. The average Bonchev–Trinajstić information content (AvgIpc) is 4.18. The Morgan fingerprint density at radius 1 is 0.453 bits per heavy atom. The van der Waals surface area contributed by atoms with E-state index in [9.17, 15) is 32.6 Å². The van der Waals surface area contributed by atoms with Crippen LogP contribution in [-0.4, -0.2) is 70.9 Å². The standard InChI is InChI=1S/C49H35BF2N4O8/c1-62-48(60)34-23-30(21-32(25-34)38-15-19-42(55-38)46(58)28-9-5-3-6-10-28)36-13-17-40(53-36)44(57)27-45(64-50(51)52)41-18-14-37(54-41)31-22-33(26-35(24-31)49(61)63-2)39-16-20-43(56-39)47(59)29-11-7-4-8-12-29/h3-27,53-56H,1-2H3/b45-27-. The molecule has 12 nitrogen and oxygen atoms in total. The summed E-state index contributed by atoms with van der Waals surface area (Å²) in [6, 6.07) is 40.1. The molecule has 0 aliphatic heterocycles. The Bertz CT molecular complexity index is 3090. The van der Waals surface area contributed by atoms with Gasteiger partial charge in [0.25, 0.3) is 0 Å². The summed E-state index contributed by atoms with van der Waals surface area (Å²) in [4.78, 5) is 77.7. The molecule has 4 aromatic carbocycles. The van der Waals surface area contributed by atoms with E-state index in [1.54, 1.807) is 121 Å². The van der Waals surface area contributed by atoms with Gasteiger partial charge in [-0.1, -0.05) is 60.7 Å². The molecule has 0 fully saturated rings. The van der Waals surface area contributed by atoms with Gasteiger partial charge >= 0.3 is 19.4 Å². The highest BCUT2D eigenvalue weighted by Gasteiger charge is 2.24. The number of H-pyrrole nitrogens is 4. The number of esters is 2. The summed E-state index contributed by atoms with van der Waals surface area (Å²) in [7, 11) is -0.810. The molecule has 0 bridgehead atoms. The summed E-state index contributed by atoms with van der Waals surface area (Å²) in [5.74, 6) is -2.88. The maximum absolute atomic E-state index is 13.9. The largest absolute Gasteiger partial charge is 0.796 e. The highest BCUT2D eigenvalue weighted by molar-refractivity contribution is 6.36. The topological polar surface area (TPSA) is 176 Å². The Hall–Kier alpha value is -8.59. The second kappa shape index (κ2) is 18.2. The second-order valence-corrected chi connectivity index (χ2v) is 14.4. The van der Waals surface area contributed by atoms with Crippen LogP contribution in [0, 0.1) is 0 Å². The molecule has 8 aromatic rings. The predicted molar refractivity (Wildman–Crippen MR) is 236 cm³/mol. The number of nitrogens with one attached hydrogen (secondary N) is 4. The number of methoxy groups -OCH3 is 2. The smallest absolute Gasteiger partial charge is 0.503 e. The van der Waals surface area contributed by atoms with Gasteiger partial charge in [-0.3, -0.25) is 14.4 Å². The van der Waals surface area contributed by atoms with Crippen molar-refractivity contribution in [3.8, 4) is 45.0 Å². The number of allylic oxidation sites excluding steroid dienone is 1. The van der Waals surface area contributed by atoms with Crippen molar-refractivity contribution in [2.45, 2.75) is 0 Å². The van der Waals surface area contributed by atoms with Gasteiger partial charge in [-0.15, -0.1) is 0 Å². The summed E-state index contributed by atoms with van der Waals surface area (Å²) in [6.07, 6.45) is 0.915. The van der Waals surface area contributed by atoms with Gasteiger partial charge in [-0.05, 0) is 107 Å². The van der Waals surface area contributed by atoms with Crippen LogP contribution in [0.4, 0.5) is 8.63 Å². The molecule has 0 amide bonds. The third-order valence-electron chi connectivity index (χ3n) is 10.3. The Balaban J connectivity index is 1.08. The number of ether oxygens (including phenoxy) is 2. The Morgan fingerprint density at radius 3 is 1.20 bits per heavy atom. The van der Waals surface area contributed by atoms with E-state index in [4.69, 9.17) is 14.1 Å². The molecule has 15 heteroatoms. The Kier molecular flexibility index (Phi) is 12.0. The molecule has 8 rings (SSSR count). The normalized spacial score (nSPS) is 11.2. The summed E-state index contributed by atoms with van der Waals surface area (Å²) in [5.41, 5.74) is 5.94. The minimum atomic E-state index is -3.30. The van der Waals surface area contributed by atoms with Gasteiger partial charge in [-0.25, -0.2) is 18.2 Å². The highest BCUT2D eigenvalue weighted by atomic mass is 19.2. The number of halogens is 2. The van der Waals surface area contributed by atoms with Crippen LogP contribution in [0.15, 0.2) is 152 Å². The zero-order valence-electron chi connectivity index (χ0n) is 34.0. The molecular weight excluding hydrogens is 821 g/mol. The summed E-state index contributed by atoms with van der Waals surface area (Å²) in [6.45, 7) is 0. The van der Waals surface area contributed by atoms with Gasteiger partial charge in [0.1, 0.15) is 5.76 Å². The third kappa shape index (κ3) is 9.04. The van der Waals surface area contributed by atoms with Crippen molar-refractivity contribution < 1.29 is 46.7 Å². The lowest BCUT2D eigenvalue weighted by atomic mass is 10.0. The first-order valence-electron chi connectivity index (χ1n) is 19.6. The van der Waals surface area contributed by atoms with Gasteiger partial charge in [-0.2, -0.15) is 0 Å². The minimum Gasteiger partial charge on any atom is -0.503 e. The Morgan fingerprint density at radius 2 is 0.812 bits per heavy atom. The lowest BCUT2D eigenvalue weighted by Gasteiger charge is -2.09. The fourth-order valence-corrected chi connectivity index (χ4v) is 7.11. The number of carbonyl (C=O) groups excluding carboxylic acids is 5. The van der Waals surface area contributed by atoms with Crippen LogP contribution in [0.25, 0.3) is 50.8 Å². The minimum absolute atomic E-state index is 0.0178. The number of benzene rings is 4. The van der Waals surface area contributed by atoms with Crippen molar-refractivity contribution in [2.75, 3.05) is 14.2 Å². The maximum atomic E-state index is 13.9. The lowest BCUT2D eigenvalue weighted by Crippen LogP contribution is -2.07. The molecule has 64 heavy (non-hydrogen) atoms. The molecule has 4 aromatic heterocycles. The first kappa shape index (κ1) is 42.1. The van der Waals surface area contributed by atoms with Gasteiger partial charge in [0, 0.05) is 40.0 Å². The number of hydrogen-bond acceptors (Lipinski definition) is 8. The zero-order valence-corrected chi connectivity index (χ0v) is 34.0. The van der Waals surface area contributed by atoms with E-state index in [1.807, 2.05) is 12.1 Å². The van der Waals surface area contributed by atoms with Crippen LogP contribution in [0.3, 0.4) is 0 Å². The van der Waals surface area contributed by atoms with Gasteiger partial charge < -0.3 is 34.1 Å². The van der Waals surface area contributed by atoms with Crippen molar-refractivity contribution in [2.24, 2.45) is 0 Å². The second-order valence-electron chi connectivity index (χ2n) is 14.4. The van der Waals surface area contributed by atoms with Crippen molar-refractivity contribution in [3.05, 3.63) is 197 Å². The first-order chi connectivity index (χ1) is 31.0. The predicted octanol–water partition coefficient (Wildman–Crippen LogP) is 9.87. The van der Waals surface area contributed by atoms with Gasteiger partial charge in [0.15, 0.2) is 0 Å². The van der Waals surface area contributed by atoms with Crippen LogP contribution < -0.4 is 0 Å². The van der Waals surface area contributed by atoms with Crippen LogP contribution in [-0.2, 0) is 14.1 Å². The molecule has 0 unspecified atom stereocenters. The van der Waals surface area contributed by atoms with Crippen LogP contribution >= 0.6 is 0 Å². The van der Waals surface area contributed by atoms with E-state index in [-0.39, 0.29) is 34.1 Å². The molecule has 0 atom stereocenters. The van der Waals surface area contributed by atoms with Crippen LogP contribution in [0.1, 0.15) is 69.0 Å². The zero-order chi connectivity index (χ0) is 44.9. The fourth-order valence-electron chi connectivity index (χ4n) is 7.11. The van der Waals surface area contributed by atoms with Gasteiger partial charge in [0.2, 0.25) is 17.3 Å². The molecule has 0 saturated carbocycles. The maximum Gasteiger partial charge on any atom is 0.796 e. The Labute approximate surface area is 364 Å². The first-order valence-corrected chi connectivity index (χ1v) is 19.6. The monoisotopic (exact) mass is 856 g/mol. The molecule has 316 valence electrons. The van der Waals surface area contributed by atoms with E-state index in [2.05, 4.69) is 19.9 Å². The van der Waals surface area contributed by atoms with E-state index in [0.29, 0.717) is 67.5 Å². The molecule has 0 radical (unpaired) electrons. The molecular formula is C49H35BF2N4O8. The number of carbonyl (C=O) groups is 5. The number of rotatable bonds is 15. The van der Waals surface area contributed by atoms with Crippen LogP contribution in [0.2, 0.25) is 0 Å². The SMILES string of the molecule is COC(=O)c1cc(-c2ccc(C(=O)/C=C(\OB(F)F)c3ccc(-c4cc(C(=O)OC)cc(-c5ccc(C(=O)c6ccccc6)[nH]5)c4)[nH]3)[nH]2)cc(-c2ccc(C(=O)c3ccccc3)[nH]2)c1. The van der Waals surface area contributed by atoms with E-state index in [1.165, 1.54) is 26.4 Å². The molecule has 4 heterocycles. The fraction of sp³-hybridized carbons (Fsp3) is 0.0408. The highest BCUT2D eigenvalue weighted by Crippen LogP contribution is 2.32. The van der Waals surface area contributed by atoms with E-state index in [0.717, 1.165) is 6.08 Å². The van der Waals surface area contributed by atoms with Crippen LogP contribution in [0.5, 0.6) is 0 Å². The number of aromatic amines is 4. The summed E-state index contributed by atoms with van der Waals surface area (Å²) in [5, 5.41) is 0.